The van der Waals surface area contributed by atoms with E-state index < -0.39 is 0 Å². The van der Waals surface area contributed by atoms with Crippen molar-refractivity contribution in [3.8, 4) is 11.3 Å². The van der Waals surface area contributed by atoms with Crippen LogP contribution in [-0.2, 0) is 0 Å². The summed E-state index contributed by atoms with van der Waals surface area (Å²) >= 11 is 0. The van der Waals surface area contributed by atoms with E-state index in [4.69, 9.17) is 0 Å². The number of amides is 1. The molecule has 0 aliphatic rings. The minimum atomic E-state index is -0.0165. The SMILES string of the molecule is CCCN(C)C(=O)c1cnc2[nH]c3cnc(-c4cccnc4)cc3c2c1. The number of nitrogens with one attached hydrogen (secondary N) is 1. The lowest BCUT2D eigenvalue weighted by atomic mass is 10.1. The Bertz CT molecular complexity index is 1090. The molecule has 1 N–H and O–H groups in total. The molecule has 4 aromatic heterocycles. The van der Waals surface area contributed by atoms with Crippen LogP contribution in [0.3, 0.4) is 0 Å². The number of carbonyl (C=O) groups excluding carboxylic acids is 1. The van der Waals surface area contributed by atoms with Gasteiger partial charge in [-0.25, -0.2) is 4.98 Å². The van der Waals surface area contributed by atoms with E-state index in [0.29, 0.717) is 5.56 Å². The van der Waals surface area contributed by atoms with E-state index in [1.165, 1.54) is 0 Å². The maximum absolute atomic E-state index is 12.6. The summed E-state index contributed by atoms with van der Waals surface area (Å²) in [5, 5.41) is 1.91. The Morgan fingerprint density at radius 3 is 2.81 bits per heavy atom. The van der Waals surface area contributed by atoms with Crippen molar-refractivity contribution >= 4 is 27.8 Å². The summed E-state index contributed by atoms with van der Waals surface area (Å²) < 4.78 is 0. The van der Waals surface area contributed by atoms with Gasteiger partial charge in [0.25, 0.3) is 5.91 Å². The Kier molecular flexibility index (Phi) is 4.08. The maximum Gasteiger partial charge on any atom is 0.255 e. The van der Waals surface area contributed by atoms with Gasteiger partial charge in [0.2, 0.25) is 0 Å². The molecule has 130 valence electrons. The molecule has 0 saturated heterocycles. The Balaban J connectivity index is 1.83. The first-order valence-electron chi connectivity index (χ1n) is 8.60. The zero-order valence-corrected chi connectivity index (χ0v) is 14.7. The molecule has 0 radical (unpaired) electrons. The summed E-state index contributed by atoms with van der Waals surface area (Å²) in [5.41, 5.74) is 4.03. The van der Waals surface area contributed by atoms with Crippen LogP contribution in [0.5, 0.6) is 0 Å². The van der Waals surface area contributed by atoms with Crippen molar-refractivity contribution in [3.05, 3.63) is 54.6 Å². The summed E-state index contributed by atoms with van der Waals surface area (Å²) in [5.74, 6) is -0.0165. The third kappa shape index (κ3) is 2.79. The molecular formula is C20H19N5O. The van der Waals surface area contributed by atoms with Crippen molar-refractivity contribution in [2.45, 2.75) is 13.3 Å². The van der Waals surface area contributed by atoms with Gasteiger partial charge >= 0.3 is 0 Å². The third-order valence-electron chi connectivity index (χ3n) is 4.44. The molecule has 4 aromatic rings. The van der Waals surface area contributed by atoms with Crippen molar-refractivity contribution in [2.75, 3.05) is 13.6 Å². The quantitative estimate of drug-likeness (QED) is 0.612. The van der Waals surface area contributed by atoms with Crippen LogP contribution >= 0.6 is 0 Å². The predicted octanol–water partition coefficient (Wildman–Crippen LogP) is 3.66. The number of rotatable bonds is 4. The van der Waals surface area contributed by atoms with Crippen LogP contribution in [0.1, 0.15) is 23.7 Å². The molecule has 0 saturated carbocycles. The number of nitrogens with zero attached hydrogens (tertiary/aromatic N) is 4. The smallest absolute Gasteiger partial charge is 0.255 e. The highest BCUT2D eigenvalue weighted by Gasteiger charge is 2.15. The van der Waals surface area contributed by atoms with E-state index in [-0.39, 0.29) is 5.91 Å². The number of hydrogen-bond donors (Lipinski definition) is 1. The highest BCUT2D eigenvalue weighted by Crippen LogP contribution is 2.28. The molecule has 4 rings (SSSR count). The molecular weight excluding hydrogens is 326 g/mol. The lowest BCUT2D eigenvalue weighted by molar-refractivity contribution is 0.0795. The fraction of sp³-hybridized carbons (Fsp3) is 0.200. The van der Waals surface area contributed by atoms with Crippen molar-refractivity contribution in [2.24, 2.45) is 0 Å². The monoisotopic (exact) mass is 345 g/mol. The summed E-state index contributed by atoms with van der Waals surface area (Å²) in [6.45, 7) is 2.78. The van der Waals surface area contributed by atoms with Gasteiger partial charge in [-0.2, -0.15) is 0 Å². The van der Waals surface area contributed by atoms with E-state index in [9.17, 15) is 4.79 Å². The number of hydrogen-bond acceptors (Lipinski definition) is 4. The van der Waals surface area contributed by atoms with Gasteiger partial charge in [-0.1, -0.05) is 6.92 Å². The van der Waals surface area contributed by atoms with Gasteiger partial charge in [-0.05, 0) is 30.7 Å². The molecule has 0 unspecified atom stereocenters. The van der Waals surface area contributed by atoms with Crippen LogP contribution in [-0.4, -0.2) is 44.3 Å². The number of pyridine rings is 3. The van der Waals surface area contributed by atoms with Crippen molar-refractivity contribution < 1.29 is 4.79 Å². The number of carbonyl (C=O) groups is 1. The molecule has 0 aliphatic carbocycles. The molecule has 6 nitrogen and oxygen atoms in total. The molecule has 0 aromatic carbocycles. The lowest BCUT2D eigenvalue weighted by Gasteiger charge is -2.15. The standard InChI is InChI=1S/C20H19N5O/c1-3-7-25(2)20(26)14-8-16-15-9-17(13-5-4-6-21-10-13)22-12-18(15)24-19(16)23-11-14/h4-6,8-12H,3,7H2,1-2H3,(H,23,24). The molecule has 0 spiro atoms. The van der Waals surface area contributed by atoms with E-state index in [2.05, 4.69) is 26.9 Å². The van der Waals surface area contributed by atoms with E-state index >= 15 is 0 Å². The Morgan fingerprint density at radius 1 is 1.15 bits per heavy atom. The normalized spacial score (nSPS) is 11.2. The van der Waals surface area contributed by atoms with Crippen LogP contribution < -0.4 is 0 Å². The highest BCUT2D eigenvalue weighted by molar-refractivity contribution is 6.09. The number of aromatic nitrogens is 4. The van der Waals surface area contributed by atoms with Crippen molar-refractivity contribution in [1.82, 2.24) is 24.8 Å². The van der Waals surface area contributed by atoms with Crippen LogP contribution in [0.25, 0.3) is 33.2 Å². The van der Waals surface area contributed by atoms with E-state index in [1.807, 2.05) is 31.3 Å². The maximum atomic E-state index is 12.6. The number of aromatic amines is 1. The molecule has 1 amide bonds. The minimum absolute atomic E-state index is 0.0165. The van der Waals surface area contributed by atoms with Crippen LogP contribution in [0.15, 0.2) is 49.1 Å². The molecule has 0 fully saturated rings. The second-order valence-electron chi connectivity index (χ2n) is 6.33. The molecule has 0 aliphatic heterocycles. The zero-order valence-electron chi connectivity index (χ0n) is 14.7. The highest BCUT2D eigenvalue weighted by atomic mass is 16.2. The molecule has 6 heteroatoms. The number of fused-ring (bicyclic) bond motifs is 3. The first-order chi connectivity index (χ1) is 12.7. The summed E-state index contributed by atoms with van der Waals surface area (Å²) in [6, 6.07) is 7.78. The minimum Gasteiger partial charge on any atom is -0.342 e. The van der Waals surface area contributed by atoms with E-state index in [1.54, 1.807) is 29.7 Å². The van der Waals surface area contributed by atoms with Gasteiger partial charge in [0.1, 0.15) is 5.65 Å². The average Bonchev–Trinajstić information content (AvgIpc) is 3.05. The van der Waals surface area contributed by atoms with Crippen molar-refractivity contribution in [1.29, 1.82) is 0 Å². The predicted molar refractivity (Wildman–Crippen MR) is 102 cm³/mol. The largest absolute Gasteiger partial charge is 0.342 e. The zero-order chi connectivity index (χ0) is 18.1. The summed E-state index contributed by atoms with van der Waals surface area (Å²) in [4.78, 5) is 30.7. The fourth-order valence-corrected chi connectivity index (χ4v) is 3.12. The fourth-order valence-electron chi connectivity index (χ4n) is 3.12. The van der Waals surface area contributed by atoms with Gasteiger partial charge in [-0.3, -0.25) is 14.8 Å². The van der Waals surface area contributed by atoms with Crippen molar-refractivity contribution in [3.63, 3.8) is 0 Å². The topological polar surface area (TPSA) is 74.8 Å². The van der Waals surface area contributed by atoms with Crippen LogP contribution in [0.4, 0.5) is 0 Å². The van der Waals surface area contributed by atoms with Gasteiger partial charge < -0.3 is 9.88 Å². The average molecular weight is 345 g/mol. The van der Waals surface area contributed by atoms with Crippen LogP contribution in [0, 0.1) is 0 Å². The molecule has 4 heterocycles. The molecule has 0 bridgehead atoms. The third-order valence-corrected chi connectivity index (χ3v) is 4.44. The molecule has 0 atom stereocenters. The number of H-pyrrole nitrogens is 1. The summed E-state index contributed by atoms with van der Waals surface area (Å²) in [7, 11) is 1.82. The Labute approximate surface area is 150 Å². The summed E-state index contributed by atoms with van der Waals surface area (Å²) in [6.07, 6.45) is 7.87. The van der Waals surface area contributed by atoms with Gasteiger partial charge in [0.05, 0.1) is 23.0 Å². The van der Waals surface area contributed by atoms with Gasteiger partial charge in [-0.15, -0.1) is 0 Å². The second kappa shape index (κ2) is 6.55. The van der Waals surface area contributed by atoms with E-state index in [0.717, 1.165) is 46.2 Å². The second-order valence-corrected chi connectivity index (χ2v) is 6.33. The van der Waals surface area contributed by atoms with Crippen LogP contribution in [0.2, 0.25) is 0 Å². The first kappa shape index (κ1) is 16.2. The molecule has 26 heavy (non-hydrogen) atoms. The Morgan fingerprint density at radius 2 is 2.04 bits per heavy atom. The first-order valence-corrected chi connectivity index (χ1v) is 8.60. The van der Waals surface area contributed by atoms with Gasteiger partial charge in [0, 0.05) is 48.5 Å². The Hall–Kier alpha value is -3.28. The lowest BCUT2D eigenvalue weighted by Crippen LogP contribution is -2.27. The van der Waals surface area contributed by atoms with Gasteiger partial charge in [0.15, 0.2) is 0 Å².